The average molecular weight is 331 g/mol. The molecule has 0 bridgehead atoms. The molecular formula is C15H26NO5P. The molecule has 0 amide bonds. The molecule has 0 aliphatic carbocycles. The minimum Gasteiger partial charge on any atom is -0.463 e. The second-order valence-electron chi connectivity index (χ2n) is 5.91. The van der Waals surface area contributed by atoms with Crippen LogP contribution in [0.2, 0.25) is 0 Å². The number of ether oxygens (including phenoxy) is 2. The van der Waals surface area contributed by atoms with Crippen LogP contribution in [-0.2, 0) is 23.6 Å². The van der Waals surface area contributed by atoms with Crippen LogP contribution in [0.3, 0.4) is 0 Å². The summed E-state index contributed by atoms with van der Waals surface area (Å²) in [4.78, 5) is 28.4. The maximum Gasteiger partial charge on any atom is 0.351 e. The van der Waals surface area contributed by atoms with Crippen molar-refractivity contribution in [2.24, 2.45) is 4.99 Å². The molecule has 0 atom stereocenters. The van der Waals surface area contributed by atoms with Crippen molar-refractivity contribution in [3.63, 3.8) is 0 Å². The van der Waals surface area contributed by atoms with E-state index in [1.54, 1.807) is 13.8 Å². The van der Waals surface area contributed by atoms with Crippen LogP contribution in [0.25, 0.3) is 0 Å². The first-order valence-corrected chi connectivity index (χ1v) is 9.71. The van der Waals surface area contributed by atoms with Gasteiger partial charge in [0.05, 0.1) is 26.1 Å². The molecule has 0 unspecified atom stereocenters. The van der Waals surface area contributed by atoms with E-state index in [0.29, 0.717) is 5.71 Å². The number of carbonyl (C=O) groups excluding carboxylic acids is 2. The first kappa shape index (κ1) is 18.9. The molecule has 0 aromatic rings. The number of aliphatic imine (C=N–C) groups is 1. The molecule has 0 saturated heterocycles. The van der Waals surface area contributed by atoms with Crippen molar-refractivity contribution in [2.75, 3.05) is 19.4 Å². The van der Waals surface area contributed by atoms with Gasteiger partial charge in [-0.15, -0.1) is 0 Å². The van der Waals surface area contributed by atoms with E-state index < -0.39 is 24.6 Å². The van der Waals surface area contributed by atoms with Crippen LogP contribution in [0.4, 0.5) is 0 Å². The molecule has 0 N–H and O–H groups in total. The van der Waals surface area contributed by atoms with Gasteiger partial charge in [0.15, 0.2) is 0 Å². The highest BCUT2D eigenvalue weighted by Gasteiger charge is 2.64. The summed E-state index contributed by atoms with van der Waals surface area (Å²) in [5, 5.41) is 0. The summed E-state index contributed by atoms with van der Waals surface area (Å²) in [6.45, 7) is 11.2. The standard InChI is InChI=1S/C15H26NO5P/c1-7-20-13(17)15(14(18)21-8-2)12(16-15)9-22(19,10(3)4)11(5)6/h10-11H,7-9H2,1-6H3. The molecule has 0 fully saturated rings. The smallest absolute Gasteiger partial charge is 0.351 e. The quantitative estimate of drug-likeness (QED) is 0.388. The summed E-state index contributed by atoms with van der Waals surface area (Å²) in [6, 6.07) is 0. The number of esters is 2. The Hall–Kier alpha value is -1.16. The van der Waals surface area contributed by atoms with Gasteiger partial charge in [-0.05, 0) is 13.8 Å². The summed E-state index contributed by atoms with van der Waals surface area (Å²) < 4.78 is 23.0. The van der Waals surface area contributed by atoms with Crippen LogP contribution in [0, 0.1) is 0 Å². The zero-order valence-corrected chi connectivity index (χ0v) is 15.1. The third-order valence-corrected chi connectivity index (χ3v) is 8.25. The summed E-state index contributed by atoms with van der Waals surface area (Å²) in [6.07, 6.45) is 0.153. The fourth-order valence-electron chi connectivity index (χ4n) is 2.40. The molecule has 0 spiro atoms. The van der Waals surface area contributed by atoms with Crippen LogP contribution in [-0.4, -0.2) is 53.9 Å². The van der Waals surface area contributed by atoms with Crippen molar-refractivity contribution in [3.05, 3.63) is 0 Å². The summed E-state index contributed by atoms with van der Waals surface area (Å²) >= 11 is 0. The topological polar surface area (TPSA) is 82.0 Å². The average Bonchev–Trinajstić information content (AvgIpc) is 3.14. The number of hydrogen-bond acceptors (Lipinski definition) is 6. The molecular weight excluding hydrogens is 305 g/mol. The zero-order valence-electron chi connectivity index (χ0n) is 14.2. The Labute approximate surface area is 132 Å². The van der Waals surface area contributed by atoms with Crippen LogP contribution in [0.1, 0.15) is 41.5 Å². The fraction of sp³-hybridized carbons (Fsp3) is 0.800. The minimum atomic E-state index is -2.60. The lowest BCUT2D eigenvalue weighted by molar-refractivity contribution is -0.157. The predicted octanol–water partition coefficient (Wildman–Crippen LogP) is 2.49. The summed E-state index contributed by atoms with van der Waals surface area (Å²) in [7, 11) is -2.60. The molecule has 6 nitrogen and oxygen atoms in total. The Morgan fingerprint density at radius 1 is 1.05 bits per heavy atom. The van der Waals surface area contributed by atoms with Crippen molar-refractivity contribution >= 4 is 24.8 Å². The lowest BCUT2D eigenvalue weighted by Crippen LogP contribution is -2.43. The highest BCUT2D eigenvalue weighted by molar-refractivity contribution is 7.66. The lowest BCUT2D eigenvalue weighted by Gasteiger charge is -2.25. The van der Waals surface area contributed by atoms with Crippen molar-refractivity contribution in [1.82, 2.24) is 0 Å². The van der Waals surface area contributed by atoms with Crippen LogP contribution in [0.5, 0.6) is 0 Å². The molecule has 0 saturated carbocycles. The highest BCUT2D eigenvalue weighted by Crippen LogP contribution is 2.57. The lowest BCUT2D eigenvalue weighted by atomic mass is 10.1. The molecule has 1 rings (SSSR count). The Balaban J connectivity index is 3.02. The Kier molecular flexibility index (Phi) is 5.96. The second-order valence-corrected chi connectivity index (χ2v) is 10.00. The van der Waals surface area contributed by atoms with Crippen LogP contribution < -0.4 is 0 Å². The van der Waals surface area contributed by atoms with E-state index in [2.05, 4.69) is 4.99 Å². The van der Waals surface area contributed by atoms with E-state index in [0.717, 1.165) is 0 Å². The van der Waals surface area contributed by atoms with E-state index in [-0.39, 0.29) is 30.7 Å². The monoisotopic (exact) mass is 331 g/mol. The normalized spacial score (nSPS) is 16.5. The number of rotatable bonds is 8. The third kappa shape index (κ3) is 3.27. The first-order chi connectivity index (χ1) is 10.2. The van der Waals surface area contributed by atoms with Gasteiger partial charge < -0.3 is 14.0 Å². The van der Waals surface area contributed by atoms with E-state index in [1.807, 2.05) is 27.7 Å². The minimum absolute atomic E-state index is 0.0436. The number of carbonyl (C=O) groups is 2. The van der Waals surface area contributed by atoms with Gasteiger partial charge >= 0.3 is 11.9 Å². The molecule has 1 aliphatic heterocycles. The van der Waals surface area contributed by atoms with Gasteiger partial charge in [0.25, 0.3) is 5.54 Å². The Morgan fingerprint density at radius 2 is 1.45 bits per heavy atom. The molecule has 0 aromatic heterocycles. The fourth-order valence-corrected chi connectivity index (χ4v) is 5.09. The SMILES string of the molecule is CCOC(=O)C1(C(=O)OCC)N=C1CP(=O)(C(C)C)C(C)C. The zero-order chi connectivity index (χ0) is 17.1. The Morgan fingerprint density at radius 3 is 1.77 bits per heavy atom. The van der Waals surface area contributed by atoms with Crippen molar-refractivity contribution in [1.29, 1.82) is 0 Å². The molecule has 7 heteroatoms. The summed E-state index contributed by atoms with van der Waals surface area (Å²) in [5.41, 5.74) is -1.45. The number of hydrogen-bond donors (Lipinski definition) is 0. The van der Waals surface area contributed by atoms with Crippen molar-refractivity contribution in [2.45, 2.75) is 58.4 Å². The van der Waals surface area contributed by atoms with E-state index in [1.165, 1.54) is 0 Å². The summed E-state index contributed by atoms with van der Waals surface area (Å²) in [5.74, 6) is -1.47. The molecule has 1 heterocycles. The largest absolute Gasteiger partial charge is 0.463 e. The molecule has 0 radical (unpaired) electrons. The second kappa shape index (κ2) is 6.95. The third-order valence-electron chi connectivity index (χ3n) is 3.96. The predicted molar refractivity (Wildman–Crippen MR) is 86.2 cm³/mol. The molecule has 0 aromatic carbocycles. The van der Waals surface area contributed by atoms with Crippen LogP contribution >= 0.6 is 7.14 Å². The van der Waals surface area contributed by atoms with Gasteiger partial charge in [-0.25, -0.2) is 9.59 Å². The first-order valence-electron chi connectivity index (χ1n) is 7.68. The number of nitrogens with zero attached hydrogens (tertiary/aromatic N) is 1. The van der Waals surface area contributed by atoms with Gasteiger partial charge in [-0.1, -0.05) is 27.7 Å². The van der Waals surface area contributed by atoms with E-state index >= 15 is 0 Å². The molecule has 1 aliphatic rings. The maximum absolute atomic E-state index is 13.1. The van der Waals surface area contributed by atoms with Gasteiger partial charge in [-0.3, -0.25) is 4.99 Å². The maximum atomic E-state index is 13.1. The van der Waals surface area contributed by atoms with E-state index in [9.17, 15) is 14.2 Å². The van der Waals surface area contributed by atoms with Gasteiger partial charge in [-0.2, -0.15) is 0 Å². The molecule has 22 heavy (non-hydrogen) atoms. The van der Waals surface area contributed by atoms with E-state index in [4.69, 9.17) is 9.47 Å². The highest BCUT2D eigenvalue weighted by atomic mass is 31.2. The van der Waals surface area contributed by atoms with Gasteiger partial charge in [0, 0.05) is 17.5 Å². The van der Waals surface area contributed by atoms with Gasteiger partial charge in [0.1, 0.15) is 0 Å². The van der Waals surface area contributed by atoms with Crippen molar-refractivity contribution in [3.8, 4) is 0 Å². The van der Waals surface area contributed by atoms with Crippen molar-refractivity contribution < 1.29 is 23.6 Å². The molecule has 126 valence electrons. The van der Waals surface area contributed by atoms with Crippen LogP contribution in [0.15, 0.2) is 4.99 Å². The Bertz CT molecular complexity index is 494. The van der Waals surface area contributed by atoms with Gasteiger partial charge in [0.2, 0.25) is 0 Å².